The highest BCUT2D eigenvalue weighted by Crippen LogP contribution is 2.39. The molecule has 10 heavy (non-hydrogen) atoms. The van der Waals surface area contributed by atoms with Gasteiger partial charge in [-0.15, -0.1) is 0 Å². The second-order valence-electron chi connectivity index (χ2n) is 3.48. The van der Waals surface area contributed by atoms with Crippen LogP contribution in [0.5, 0.6) is 0 Å². The number of aliphatic hydroxyl groups excluding tert-OH is 1. The summed E-state index contributed by atoms with van der Waals surface area (Å²) >= 11 is 0. The molecule has 3 aliphatic rings. The summed E-state index contributed by atoms with van der Waals surface area (Å²) < 4.78 is 5.57. The molecule has 4 atom stereocenters. The highest BCUT2D eigenvalue weighted by Gasteiger charge is 2.56. The SMILES string of the molecule is O[C@@H]1[C@H]2[C@@H]3CCN2C[C@H]1O3. The van der Waals surface area contributed by atoms with Crippen molar-refractivity contribution in [1.29, 1.82) is 0 Å². The zero-order valence-electron chi connectivity index (χ0n) is 5.73. The Morgan fingerprint density at radius 1 is 1.40 bits per heavy atom. The van der Waals surface area contributed by atoms with E-state index in [2.05, 4.69) is 4.90 Å². The highest BCUT2D eigenvalue weighted by atomic mass is 16.5. The fourth-order valence-corrected chi connectivity index (χ4v) is 2.55. The molecule has 3 nitrogen and oxygen atoms in total. The van der Waals surface area contributed by atoms with Gasteiger partial charge in [0.1, 0.15) is 0 Å². The molecule has 1 N–H and O–H groups in total. The molecule has 3 fully saturated rings. The summed E-state index contributed by atoms with van der Waals surface area (Å²) in [5.41, 5.74) is 0. The summed E-state index contributed by atoms with van der Waals surface area (Å²) in [6.45, 7) is 2.09. The first-order chi connectivity index (χ1) is 4.86. The van der Waals surface area contributed by atoms with Crippen LogP contribution >= 0.6 is 0 Å². The number of rotatable bonds is 0. The molecule has 3 rings (SSSR count). The Morgan fingerprint density at radius 2 is 2.30 bits per heavy atom. The van der Waals surface area contributed by atoms with Crippen molar-refractivity contribution in [2.24, 2.45) is 0 Å². The molecule has 3 saturated heterocycles. The van der Waals surface area contributed by atoms with E-state index in [1.165, 1.54) is 0 Å². The number of hydrogen-bond acceptors (Lipinski definition) is 3. The molecular weight excluding hydrogens is 130 g/mol. The molecule has 0 aromatic heterocycles. The number of fused-ring (bicyclic) bond motifs is 1. The van der Waals surface area contributed by atoms with Crippen molar-refractivity contribution in [3.8, 4) is 0 Å². The van der Waals surface area contributed by atoms with E-state index < -0.39 is 0 Å². The average molecular weight is 141 g/mol. The maximum Gasteiger partial charge on any atom is 0.0994 e. The number of hydrogen-bond donors (Lipinski definition) is 1. The Balaban J connectivity index is 2.01. The lowest BCUT2D eigenvalue weighted by Crippen LogP contribution is -2.35. The van der Waals surface area contributed by atoms with Gasteiger partial charge in [0.2, 0.25) is 0 Å². The fourth-order valence-electron chi connectivity index (χ4n) is 2.55. The van der Waals surface area contributed by atoms with Gasteiger partial charge in [-0.25, -0.2) is 0 Å². The second kappa shape index (κ2) is 1.55. The van der Waals surface area contributed by atoms with Gasteiger partial charge in [0.25, 0.3) is 0 Å². The van der Waals surface area contributed by atoms with Crippen molar-refractivity contribution in [2.75, 3.05) is 13.1 Å². The molecule has 0 spiro atoms. The van der Waals surface area contributed by atoms with Gasteiger partial charge >= 0.3 is 0 Å². The molecule has 0 aromatic carbocycles. The van der Waals surface area contributed by atoms with Crippen LogP contribution in [-0.2, 0) is 4.74 Å². The van der Waals surface area contributed by atoms with Crippen molar-refractivity contribution in [3.05, 3.63) is 0 Å². The number of morpholine rings is 1. The first kappa shape index (κ1) is 5.52. The van der Waals surface area contributed by atoms with Gasteiger partial charge in [0, 0.05) is 13.1 Å². The molecule has 0 aliphatic carbocycles. The van der Waals surface area contributed by atoms with Crippen LogP contribution in [0.3, 0.4) is 0 Å². The van der Waals surface area contributed by atoms with Crippen LogP contribution in [0, 0.1) is 0 Å². The quantitative estimate of drug-likeness (QED) is 0.479. The molecule has 0 aromatic rings. The van der Waals surface area contributed by atoms with Crippen molar-refractivity contribution in [1.82, 2.24) is 4.90 Å². The maximum atomic E-state index is 9.54. The van der Waals surface area contributed by atoms with Gasteiger partial charge in [-0.05, 0) is 6.42 Å². The maximum absolute atomic E-state index is 9.54. The van der Waals surface area contributed by atoms with Gasteiger partial charge in [0.15, 0.2) is 0 Å². The Morgan fingerprint density at radius 3 is 2.90 bits per heavy atom. The third kappa shape index (κ3) is 0.447. The van der Waals surface area contributed by atoms with Gasteiger partial charge in [-0.3, -0.25) is 4.90 Å². The van der Waals surface area contributed by atoms with Crippen molar-refractivity contribution < 1.29 is 9.84 Å². The standard InChI is InChI=1S/C7H11NO2/c9-7-5-3-8-2-1-4(10-5)6(7)8/h4-7,9H,1-3H2/t4-,5+,6+,7-/m0/s1. The third-order valence-corrected chi connectivity index (χ3v) is 3.00. The fraction of sp³-hybridized carbons (Fsp3) is 1.00. The minimum absolute atomic E-state index is 0.137. The van der Waals surface area contributed by atoms with Gasteiger partial charge in [-0.2, -0.15) is 0 Å². The minimum atomic E-state index is -0.188. The molecular formula is C7H11NO2. The summed E-state index contributed by atoms with van der Waals surface area (Å²) in [7, 11) is 0. The third-order valence-electron chi connectivity index (χ3n) is 3.00. The van der Waals surface area contributed by atoms with E-state index in [1.807, 2.05) is 0 Å². The Labute approximate surface area is 59.6 Å². The highest BCUT2D eigenvalue weighted by molar-refractivity contribution is 5.08. The lowest BCUT2D eigenvalue weighted by atomic mass is 10.1. The Kier molecular flexibility index (Phi) is 0.854. The lowest BCUT2D eigenvalue weighted by Gasteiger charge is -2.20. The van der Waals surface area contributed by atoms with Crippen LogP contribution in [0.1, 0.15) is 6.42 Å². The molecule has 2 bridgehead atoms. The van der Waals surface area contributed by atoms with Crippen LogP contribution < -0.4 is 0 Å². The van der Waals surface area contributed by atoms with Gasteiger partial charge in [-0.1, -0.05) is 0 Å². The molecule has 3 heterocycles. The summed E-state index contributed by atoms with van der Waals surface area (Å²) in [4.78, 5) is 2.35. The predicted octanol–water partition coefficient (Wildman–Crippen LogP) is -0.797. The van der Waals surface area contributed by atoms with E-state index in [1.54, 1.807) is 0 Å². The zero-order valence-corrected chi connectivity index (χ0v) is 5.73. The second-order valence-corrected chi connectivity index (χ2v) is 3.48. The number of ether oxygens (including phenoxy) is 1. The van der Waals surface area contributed by atoms with E-state index in [9.17, 15) is 5.11 Å². The Bertz CT molecular complexity index is 156. The summed E-state index contributed by atoms with van der Waals surface area (Å²) in [5.74, 6) is 0. The van der Waals surface area contributed by atoms with E-state index in [-0.39, 0.29) is 12.2 Å². The molecule has 0 saturated carbocycles. The minimum Gasteiger partial charge on any atom is -0.389 e. The normalized spacial score (nSPS) is 58.5. The summed E-state index contributed by atoms with van der Waals surface area (Å²) in [6.07, 6.45) is 1.43. The summed E-state index contributed by atoms with van der Waals surface area (Å²) in [6, 6.07) is 0.352. The van der Waals surface area contributed by atoms with Crippen LogP contribution in [0.25, 0.3) is 0 Å². The first-order valence-electron chi connectivity index (χ1n) is 3.94. The van der Waals surface area contributed by atoms with Crippen LogP contribution in [0.2, 0.25) is 0 Å². The van der Waals surface area contributed by atoms with Gasteiger partial charge in [0.05, 0.1) is 24.4 Å². The van der Waals surface area contributed by atoms with Crippen LogP contribution in [0.4, 0.5) is 0 Å². The lowest BCUT2D eigenvalue weighted by molar-refractivity contribution is 0.000688. The topological polar surface area (TPSA) is 32.7 Å². The molecule has 3 aliphatic heterocycles. The van der Waals surface area contributed by atoms with Gasteiger partial charge < -0.3 is 9.84 Å². The van der Waals surface area contributed by atoms with Crippen molar-refractivity contribution in [3.63, 3.8) is 0 Å². The monoisotopic (exact) mass is 141 g/mol. The van der Waals surface area contributed by atoms with E-state index in [4.69, 9.17) is 4.74 Å². The van der Waals surface area contributed by atoms with E-state index >= 15 is 0 Å². The number of nitrogens with zero attached hydrogens (tertiary/aromatic N) is 1. The molecule has 0 unspecified atom stereocenters. The largest absolute Gasteiger partial charge is 0.389 e. The molecule has 0 radical (unpaired) electrons. The molecule has 3 heteroatoms. The van der Waals surface area contributed by atoms with E-state index in [0.717, 1.165) is 19.5 Å². The van der Waals surface area contributed by atoms with Crippen LogP contribution in [0.15, 0.2) is 0 Å². The van der Waals surface area contributed by atoms with E-state index in [0.29, 0.717) is 12.1 Å². The Hall–Kier alpha value is -0.120. The molecule has 0 amide bonds. The summed E-state index contributed by atoms with van der Waals surface area (Å²) in [5, 5.41) is 9.54. The smallest absolute Gasteiger partial charge is 0.0994 e. The zero-order chi connectivity index (χ0) is 6.72. The molecule has 56 valence electrons. The average Bonchev–Trinajstić information content (AvgIpc) is 2.44. The number of aliphatic hydroxyl groups is 1. The van der Waals surface area contributed by atoms with Crippen LogP contribution in [-0.4, -0.2) is 47.4 Å². The first-order valence-corrected chi connectivity index (χ1v) is 3.94. The van der Waals surface area contributed by atoms with Crippen molar-refractivity contribution >= 4 is 0 Å². The van der Waals surface area contributed by atoms with Crippen molar-refractivity contribution in [2.45, 2.75) is 30.8 Å². The predicted molar refractivity (Wildman–Crippen MR) is 34.6 cm³/mol.